The normalized spacial score (nSPS) is 13.7. The van der Waals surface area contributed by atoms with Gasteiger partial charge in [-0.15, -0.1) is 0 Å². The Morgan fingerprint density at radius 3 is 1.48 bits per heavy atom. The lowest BCUT2D eigenvalue weighted by Crippen LogP contribution is -2.27. The molecule has 0 rings (SSSR count). The second kappa shape index (κ2) is 39.0. The van der Waals surface area contributed by atoms with Gasteiger partial charge in [-0.25, -0.2) is 4.57 Å². The highest BCUT2D eigenvalue weighted by atomic mass is 31.2. The summed E-state index contributed by atoms with van der Waals surface area (Å²) in [4.78, 5) is 22.4. The van der Waals surface area contributed by atoms with Crippen molar-refractivity contribution >= 4 is 13.8 Å². The van der Waals surface area contributed by atoms with Gasteiger partial charge < -0.3 is 20.1 Å². The number of nitrogens with two attached hydrogens (primary N) is 1. The van der Waals surface area contributed by atoms with Crippen molar-refractivity contribution in [1.29, 1.82) is 0 Å². The lowest BCUT2D eigenvalue weighted by Gasteiger charge is -2.19. The molecule has 0 aromatic carbocycles. The molecule has 0 bridgehead atoms. The monoisotopic (exact) mass is 730 g/mol. The van der Waals surface area contributed by atoms with E-state index in [2.05, 4.69) is 19.9 Å². The van der Waals surface area contributed by atoms with E-state index in [1.54, 1.807) is 6.26 Å². The molecule has 0 saturated heterocycles. The van der Waals surface area contributed by atoms with Gasteiger partial charge in [-0.05, 0) is 38.2 Å². The Morgan fingerprint density at radius 1 is 0.600 bits per heavy atom. The van der Waals surface area contributed by atoms with Crippen LogP contribution in [0.1, 0.15) is 200 Å². The second-order valence-corrected chi connectivity index (χ2v) is 15.4. The zero-order valence-corrected chi connectivity index (χ0v) is 33.5. The molecule has 50 heavy (non-hydrogen) atoms. The fourth-order valence-electron chi connectivity index (χ4n) is 5.86. The second-order valence-electron chi connectivity index (χ2n) is 13.9. The Bertz CT molecular complexity index is 823. The van der Waals surface area contributed by atoms with Crippen LogP contribution in [0.5, 0.6) is 0 Å². The highest BCUT2D eigenvalue weighted by molar-refractivity contribution is 7.47. The summed E-state index contributed by atoms with van der Waals surface area (Å²) in [5.41, 5.74) is 5.35. The maximum atomic E-state index is 12.5. The maximum absolute atomic E-state index is 12.5. The average molecular weight is 730 g/mol. The van der Waals surface area contributed by atoms with Crippen molar-refractivity contribution in [1.82, 2.24) is 0 Å². The first-order valence-corrected chi connectivity index (χ1v) is 22.4. The molecule has 9 heteroatoms. The Balaban J connectivity index is 4.12. The van der Waals surface area contributed by atoms with Gasteiger partial charge in [-0.3, -0.25) is 13.8 Å². The zero-order chi connectivity index (χ0) is 36.6. The van der Waals surface area contributed by atoms with Crippen LogP contribution in [-0.4, -0.2) is 43.3 Å². The van der Waals surface area contributed by atoms with E-state index >= 15 is 0 Å². The van der Waals surface area contributed by atoms with Crippen LogP contribution in [0.3, 0.4) is 0 Å². The van der Waals surface area contributed by atoms with Crippen molar-refractivity contribution in [2.75, 3.05) is 26.4 Å². The van der Waals surface area contributed by atoms with Crippen molar-refractivity contribution in [2.45, 2.75) is 206 Å². The molecule has 0 radical (unpaired) electrons. The summed E-state index contributed by atoms with van der Waals surface area (Å²) in [5, 5.41) is 0. The molecular formula is C41H80NO7P. The quantitative estimate of drug-likeness (QED) is 0.0210. The first-order chi connectivity index (χ1) is 24.4. The van der Waals surface area contributed by atoms with Crippen LogP contribution < -0.4 is 5.73 Å². The first kappa shape index (κ1) is 48.8. The standard InChI is InChI=1S/C41H80NO7P/c1-3-5-7-9-11-13-15-17-19-21-23-25-27-29-31-33-36-46-38-40(39-48-50(44,45)47-37-35-42)49-41(43)34-32-30-28-26-24-22-20-18-16-14-12-10-8-6-4-2/h28,30,33,36,40H,3-27,29,31-32,34-35,37-39,42H2,1-2H3,(H,44,45)/b30-28+,36-33+/t40-/m1/s1. The van der Waals surface area contributed by atoms with Gasteiger partial charge in [0.15, 0.2) is 6.10 Å². The lowest BCUT2D eigenvalue weighted by molar-refractivity contribution is -0.153. The van der Waals surface area contributed by atoms with E-state index in [-0.39, 0.29) is 32.8 Å². The predicted octanol–water partition coefficient (Wildman–Crippen LogP) is 12.4. The maximum Gasteiger partial charge on any atom is 0.472 e. The van der Waals surface area contributed by atoms with E-state index in [0.29, 0.717) is 6.42 Å². The molecule has 0 aromatic rings. The summed E-state index contributed by atoms with van der Waals surface area (Å²) in [5.74, 6) is -0.399. The van der Waals surface area contributed by atoms with Gasteiger partial charge in [0.25, 0.3) is 0 Å². The van der Waals surface area contributed by atoms with Gasteiger partial charge in [0.1, 0.15) is 6.61 Å². The topological polar surface area (TPSA) is 117 Å². The molecule has 0 amide bonds. The molecule has 0 aromatic heterocycles. The fourth-order valence-corrected chi connectivity index (χ4v) is 6.63. The molecule has 0 fully saturated rings. The van der Waals surface area contributed by atoms with Gasteiger partial charge in [0, 0.05) is 13.0 Å². The Morgan fingerprint density at radius 2 is 1.02 bits per heavy atom. The van der Waals surface area contributed by atoms with Crippen LogP contribution in [0.2, 0.25) is 0 Å². The number of unbranched alkanes of at least 4 members (excludes halogenated alkanes) is 25. The summed E-state index contributed by atoms with van der Waals surface area (Å²) in [7, 11) is -4.29. The van der Waals surface area contributed by atoms with E-state index in [0.717, 1.165) is 19.3 Å². The number of rotatable bonds is 40. The number of phosphoric ester groups is 1. The number of phosphoric acid groups is 1. The number of ether oxygens (including phenoxy) is 2. The van der Waals surface area contributed by atoms with Crippen LogP contribution in [-0.2, 0) is 27.9 Å². The van der Waals surface area contributed by atoms with Crippen molar-refractivity contribution in [3.05, 3.63) is 24.5 Å². The molecule has 296 valence electrons. The summed E-state index contributed by atoms with van der Waals surface area (Å²) in [6.45, 7) is 4.22. The fraction of sp³-hybridized carbons (Fsp3) is 0.878. The highest BCUT2D eigenvalue weighted by Crippen LogP contribution is 2.43. The van der Waals surface area contributed by atoms with Crippen LogP contribution in [0.15, 0.2) is 24.5 Å². The Kier molecular flexibility index (Phi) is 38.1. The van der Waals surface area contributed by atoms with Crippen LogP contribution in [0.25, 0.3) is 0 Å². The summed E-state index contributed by atoms with van der Waals surface area (Å²) in [6.07, 6.45) is 43.0. The smallest absolute Gasteiger partial charge is 0.472 e. The molecule has 0 heterocycles. The molecule has 8 nitrogen and oxygen atoms in total. The molecule has 2 atom stereocenters. The van der Waals surface area contributed by atoms with Gasteiger partial charge in [0.2, 0.25) is 0 Å². The van der Waals surface area contributed by atoms with Gasteiger partial charge in [-0.2, -0.15) is 0 Å². The van der Waals surface area contributed by atoms with Crippen molar-refractivity contribution in [3.8, 4) is 0 Å². The molecule has 0 aliphatic carbocycles. The Labute approximate surface area is 308 Å². The van der Waals surface area contributed by atoms with Gasteiger partial charge >= 0.3 is 13.8 Å². The van der Waals surface area contributed by atoms with E-state index in [9.17, 15) is 14.3 Å². The van der Waals surface area contributed by atoms with Crippen molar-refractivity contribution < 1.29 is 32.8 Å². The number of hydrogen-bond donors (Lipinski definition) is 2. The van der Waals surface area contributed by atoms with Crippen molar-refractivity contribution in [2.24, 2.45) is 5.73 Å². The van der Waals surface area contributed by atoms with E-state index < -0.39 is 19.9 Å². The van der Waals surface area contributed by atoms with E-state index in [1.807, 2.05) is 12.2 Å². The molecule has 0 aliphatic heterocycles. The number of allylic oxidation sites excluding steroid dienone is 3. The third-order valence-electron chi connectivity index (χ3n) is 8.95. The SMILES string of the molecule is CCCCCCCCCCCCC/C=C/CCC(=O)O[C@H](CO/C=C/CCCCCCCCCCCCCCCC)COP(=O)(O)OCCN. The first-order valence-electron chi connectivity index (χ1n) is 20.9. The van der Waals surface area contributed by atoms with Crippen LogP contribution in [0, 0.1) is 0 Å². The van der Waals surface area contributed by atoms with E-state index in [4.69, 9.17) is 24.3 Å². The van der Waals surface area contributed by atoms with Crippen LogP contribution >= 0.6 is 7.82 Å². The molecule has 3 N–H and O–H groups in total. The minimum atomic E-state index is -4.29. The lowest BCUT2D eigenvalue weighted by atomic mass is 10.0. The number of esters is 1. The number of hydrogen-bond acceptors (Lipinski definition) is 7. The zero-order valence-electron chi connectivity index (χ0n) is 32.6. The minimum absolute atomic E-state index is 0.0204. The van der Waals surface area contributed by atoms with Gasteiger partial charge in [0.05, 0.1) is 19.5 Å². The Hall–Kier alpha value is -1.18. The third-order valence-corrected chi connectivity index (χ3v) is 9.93. The molecular weight excluding hydrogens is 649 g/mol. The summed E-state index contributed by atoms with van der Waals surface area (Å²) in [6, 6.07) is 0. The predicted molar refractivity (Wildman–Crippen MR) is 210 cm³/mol. The van der Waals surface area contributed by atoms with E-state index in [1.165, 1.54) is 154 Å². The molecule has 0 spiro atoms. The van der Waals surface area contributed by atoms with Crippen LogP contribution in [0.4, 0.5) is 0 Å². The summed E-state index contributed by atoms with van der Waals surface area (Å²) >= 11 is 0. The highest BCUT2D eigenvalue weighted by Gasteiger charge is 2.25. The molecule has 0 saturated carbocycles. The average Bonchev–Trinajstić information content (AvgIpc) is 3.10. The number of carbonyl (C=O) groups excluding carboxylic acids is 1. The number of carbonyl (C=O) groups is 1. The molecule has 0 aliphatic rings. The molecule has 1 unspecified atom stereocenters. The van der Waals surface area contributed by atoms with Crippen molar-refractivity contribution in [3.63, 3.8) is 0 Å². The third kappa shape index (κ3) is 38.1. The largest absolute Gasteiger partial charge is 0.498 e. The minimum Gasteiger partial charge on any atom is -0.498 e. The van der Waals surface area contributed by atoms with Gasteiger partial charge in [-0.1, -0.05) is 174 Å². The summed E-state index contributed by atoms with van der Waals surface area (Å²) < 4.78 is 33.1.